The first-order valence-electron chi connectivity index (χ1n) is 7.98. The predicted octanol–water partition coefficient (Wildman–Crippen LogP) is 5.08. The number of anilines is 1. The first-order chi connectivity index (χ1) is 10.4. The van der Waals surface area contributed by atoms with Crippen molar-refractivity contribution < 1.29 is 0 Å². The Hall–Kier alpha value is -2.02. The molecule has 21 heavy (non-hydrogen) atoms. The molecule has 0 saturated carbocycles. The molecule has 106 valence electrons. The molecular formula is C20H21N. The van der Waals surface area contributed by atoms with E-state index >= 15 is 0 Å². The quantitative estimate of drug-likeness (QED) is 0.754. The second-order valence-corrected chi connectivity index (χ2v) is 6.12. The van der Waals surface area contributed by atoms with Crippen LogP contribution in [-0.4, -0.2) is 0 Å². The number of fused-ring (bicyclic) bond motifs is 3. The predicted molar refractivity (Wildman–Crippen MR) is 88.6 cm³/mol. The Kier molecular flexibility index (Phi) is 3.07. The Morgan fingerprint density at radius 2 is 1.90 bits per heavy atom. The average Bonchev–Trinajstić information content (AvgIpc) is 3.04. The van der Waals surface area contributed by atoms with Crippen LogP contribution >= 0.6 is 0 Å². The van der Waals surface area contributed by atoms with E-state index < -0.39 is 0 Å². The van der Waals surface area contributed by atoms with Crippen molar-refractivity contribution in [3.8, 4) is 0 Å². The van der Waals surface area contributed by atoms with Gasteiger partial charge in [0.1, 0.15) is 0 Å². The fraction of sp³-hybridized carbons (Fsp3) is 0.300. The number of para-hydroxylation sites is 1. The van der Waals surface area contributed by atoms with E-state index in [9.17, 15) is 0 Å². The van der Waals surface area contributed by atoms with Gasteiger partial charge >= 0.3 is 0 Å². The van der Waals surface area contributed by atoms with Crippen LogP contribution in [-0.2, 0) is 6.42 Å². The zero-order chi connectivity index (χ0) is 14.2. The Bertz CT molecular complexity index is 671. The zero-order valence-corrected chi connectivity index (χ0v) is 12.4. The number of hydrogen-bond acceptors (Lipinski definition) is 1. The van der Waals surface area contributed by atoms with Gasteiger partial charge in [0, 0.05) is 11.6 Å². The molecule has 3 atom stereocenters. The van der Waals surface area contributed by atoms with Gasteiger partial charge in [0.25, 0.3) is 0 Å². The monoisotopic (exact) mass is 275 g/mol. The van der Waals surface area contributed by atoms with Crippen LogP contribution in [0.1, 0.15) is 42.0 Å². The lowest BCUT2D eigenvalue weighted by Gasteiger charge is -2.38. The summed E-state index contributed by atoms with van der Waals surface area (Å²) >= 11 is 0. The van der Waals surface area contributed by atoms with Crippen molar-refractivity contribution in [2.45, 2.75) is 31.7 Å². The average molecular weight is 275 g/mol. The minimum atomic E-state index is 0.423. The van der Waals surface area contributed by atoms with Crippen molar-refractivity contribution in [1.82, 2.24) is 0 Å². The highest BCUT2D eigenvalue weighted by atomic mass is 15.0. The Morgan fingerprint density at radius 3 is 2.71 bits per heavy atom. The number of rotatable bonds is 2. The molecule has 2 aliphatic rings. The van der Waals surface area contributed by atoms with E-state index in [1.54, 1.807) is 0 Å². The molecule has 0 saturated heterocycles. The fourth-order valence-electron chi connectivity index (χ4n) is 3.97. The molecular weight excluding hydrogens is 254 g/mol. The van der Waals surface area contributed by atoms with E-state index in [0.29, 0.717) is 17.9 Å². The normalized spacial score (nSPS) is 26.0. The van der Waals surface area contributed by atoms with Gasteiger partial charge in [-0.15, -0.1) is 0 Å². The largest absolute Gasteiger partial charge is 0.377 e. The number of hydrogen-bond donors (Lipinski definition) is 1. The third-order valence-corrected chi connectivity index (χ3v) is 5.02. The highest BCUT2D eigenvalue weighted by molar-refractivity contribution is 5.64. The second-order valence-electron chi connectivity index (χ2n) is 6.12. The summed E-state index contributed by atoms with van der Waals surface area (Å²) in [7, 11) is 0. The van der Waals surface area contributed by atoms with E-state index in [1.165, 1.54) is 28.8 Å². The zero-order valence-electron chi connectivity index (χ0n) is 12.4. The minimum Gasteiger partial charge on any atom is -0.377 e. The van der Waals surface area contributed by atoms with Crippen LogP contribution in [0, 0.1) is 5.92 Å². The second kappa shape index (κ2) is 5.07. The van der Waals surface area contributed by atoms with Crippen LogP contribution < -0.4 is 5.32 Å². The molecule has 0 bridgehead atoms. The summed E-state index contributed by atoms with van der Waals surface area (Å²) in [4.78, 5) is 0. The van der Waals surface area contributed by atoms with Crippen molar-refractivity contribution in [3.05, 3.63) is 77.4 Å². The lowest BCUT2D eigenvalue weighted by molar-refractivity contribution is 0.425. The van der Waals surface area contributed by atoms with Gasteiger partial charge in [-0.05, 0) is 35.4 Å². The molecule has 1 heteroatoms. The maximum absolute atomic E-state index is 3.86. The molecule has 1 aliphatic heterocycles. The number of benzene rings is 2. The van der Waals surface area contributed by atoms with Crippen molar-refractivity contribution in [3.63, 3.8) is 0 Å². The molecule has 0 radical (unpaired) electrons. The van der Waals surface area contributed by atoms with Gasteiger partial charge in [0.05, 0.1) is 6.04 Å². The van der Waals surface area contributed by atoms with Crippen molar-refractivity contribution in [2.75, 3.05) is 5.32 Å². The molecule has 2 aromatic carbocycles. The highest BCUT2D eigenvalue weighted by Crippen LogP contribution is 2.50. The number of allylic oxidation sites excluding steroid dienone is 2. The Balaban J connectivity index is 1.83. The fourth-order valence-corrected chi connectivity index (χ4v) is 3.97. The third-order valence-electron chi connectivity index (χ3n) is 5.02. The van der Waals surface area contributed by atoms with Gasteiger partial charge < -0.3 is 5.32 Å². The van der Waals surface area contributed by atoms with E-state index in [0.717, 1.165) is 6.42 Å². The van der Waals surface area contributed by atoms with Gasteiger partial charge in [-0.3, -0.25) is 0 Å². The van der Waals surface area contributed by atoms with Crippen LogP contribution in [0.3, 0.4) is 0 Å². The summed E-state index contributed by atoms with van der Waals surface area (Å²) in [6.45, 7) is 2.24. The molecule has 4 rings (SSSR count). The summed E-state index contributed by atoms with van der Waals surface area (Å²) in [5.74, 6) is 1.21. The molecule has 1 N–H and O–H groups in total. The summed E-state index contributed by atoms with van der Waals surface area (Å²) in [6.07, 6.45) is 7.03. The Morgan fingerprint density at radius 1 is 1.05 bits per heavy atom. The molecule has 0 unspecified atom stereocenters. The Labute approximate surface area is 126 Å². The van der Waals surface area contributed by atoms with Crippen molar-refractivity contribution in [2.24, 2.45) is 5.92 Å². The first kappa shape index (κ1) is 12.7. The van der Waals surface area contributed by atoms with E-state index in [1.807, 2.05) is 0 Å². The number of aryl methyl sites for hydroxylation is 1. The summed E-state index contributed by atoms with van der Waals surface area (Å²) < 4.78 is 0. The summed E-state index contributed by atoms with van der Waals surface area (Å²) in [5.41, 5.74) is 5.71. The number of nitrogens with one attached hydrogen (secondary N) is 1. The van der Waals surface area contributed by atoms with Gasteiger partial charge in [0.15, 0.2) is 0 Å². The maximum atomic E-state index is 3.86. The van der Waals surface area contributed by atoms with Gasteiger partial charge in [0.2, 0.25) is 0 Å². The topological polar surface area (TPSA) is 12.0 Å². The molecule has 0 amide bonds. The van der Waals surface area contributed by atoms with Gasteiger partial charge in [-0.25, -0.2) is 0 Å². The standard InChI is InChI=1S/C20H21N/c1-2-14-10-6-12-17-16-11-7-13-18(16)20(21-19(14)17)15-8-4-3-5-9-15/h3-12,16,18,20-21H,2,13H2,1H3/t16-,18-,20-/m1/s1. The van der Waals surface area contributed by atoms with Crippen LogP contribution in [0.15, 0.2) is 60.7 Å². The first-order valence-corrected chi connectivity index (χ1v) is 7.98. The molecule has 0 spiro atoms. The molecule has 1 nitrogen and oxygen atoms in total. The van der Waals surface area contributed by atoms with Crippen molar-refractivity contribution >= 4 is 5.69 Å². The van der Waals surface area contributed by atoms with Crippen molar-refractivity contribution in [1.29, 1.82) is 0 Å². The van der Waals surface area contributed by atoms with Gasteiger partial charge in [-0.1, -0.05) is 67.6 Å². The van der Waals surface area contributed by atoms with Crippen LogP contribution in [0.25, 0.3) is 0 Å². The molecule has 0 aromatic heterocycles. The SMILES string of the molecule is CCc1cccc2c1N[C@H](c1ccccc1)[C@@H]1CC=C[C@H]21. The van der Waals surface area contributed by atoms with Crippen LogP contribution in [0.5, 0.6) is 0 Å². The lowest BCUT2D eigenvalue weighted by atomic mass is 9.76. The highest BCUT2D eigenvalue weighted by Gasteiger charge is 2.38. The molecule has 1 aliphatic carbocycles. The third kappa shape index (κ3) is 1.99. The molecule has 2 aromatic rings. The van der Waals surface area contributed by atoms with E-state index in [2.05, 4.69) is 72.9 Å². The summed E-state index contributed by atoms with van der Waals surface area (Å²) in [5, 5.41) is 3.86. The maximum Gasteiger partial charge on any atom is 0.0554 e. The lowest BCUT2D eigenvalue weighted by Crippen LogP contribution is -2.29. The smallest absolute Gasteiger partial charge is 0.0554 e. The molecule has 1 heterocycles. The molecule has 0 fully saturated rings. The minimum absolute atomic E-state index is 0.423. The van der Waals surface area contributed by atoms with Crippen LogP contribution in [0.2, 0.25) is 0 Å². The van der Waals surface area contributed by atoms with Gasteiger partial charge in [-0.2, -0.15) is 0 Å². The van der Waals surface area contributed by atoms with E-state index in [-0.39, 0.29) is 0 Å². The summed E-state index contributed by atoms with van der Waals surface area (Å²) in [6, 6.07) is 18.1. The van der Waals surface area contributed by atoms with Crippen LogP contribution in [0.4, 0.5) is 5.69 Å². The van der Waals surface area contributed by atoms with E-state index in [4.69, 9.17) is 0 Å².